The number of ether oxygens (including phenoxy) is 1. The van der Waals surface area contributed by atoms with Crippen LogP contribution in [0, 0.1) is 5.92 Å². The van der Waals surface area contributed by atoms with E-state index in [4.69, 9.17) is 10.5 Å². The van der Waals surface area contributed by atoms with Crippen LogP contribution < -0.4 is 10.5 Å². The molecular formula is C12H19NO3. The summed E-state index contributed by atoms with van der Waals surface area (Å²) in [7, 11) is 1.54. The van der Waals surface area contributed by atoms with Gasteiger partial charge in [0.1, 0.15) is 11.5 Å². The molecule has 1 aromatic rings. The quantitative estimate of drug-likeness (QED) is 0.724. The maximum absolute atomic E-state index is 9.86. The van der Waals surface area contributed by atoms with Crippen molar-refractivity contribution in [3.05, 3.63) is 23.8 Å². The van der Waals surface area contributed by atoms with Gasteiger partial charge in [0.2, 0.25) is 0 Å². The molecule has 0 unspecified atom stereocenters. The minimum absolute atomic E-state index is 0.0283. The minimum Gasteiger partial charge on any atom is -0.508 e. The molecule has 0 saturated carbocycles. The number of phenolic OH excluding ortho intramolecular Hbond substituents is 1. The smallest absolute Gasteiger partial charge is 0.120 e. The Morgan fingerprint density at radius 1 is 1.31 bits per heavy atom. The summed E-state index contributed by atoms with van der Waals surface area (Å²) in [5.41, 5.74) is 6.40. The molecule has 0 radical (unpaired) electrons. The molecular weight excluding hydrogens is 206 g/mol. The predicted octanol–water partition coefficient (Wildman–Crippen LogP) is 1.42. The van der Waals surface area contributed by atoms with Crippen molar-refractivity contribution in [2.45, 2.75) is 26.0 Å². The molecule has 0 amide bonds. The molecule has 0 heterocycles. The third-order valence-electron chi connectivity index (χ3n) is 2.64. The van der Waals surface area contributed by atoms with Crippen LogP contribution in [0.2, 0.25) is 0 Å². The lowest BCUT2D eigenvalue weighted by atomic mass is 9.94. The fourth-order valence-electron chi connectivity index (χ4n) is 1.53. The molecule has 16 heavy (non-hydrogen) atoms. The van der Waals surface area contributed by atoms with Crippen molar-refractivity contribution in [3.8, 4) is 11.5 Å². The van der Waals surface area contributed by atoms with Crippen molar-refractivity contribution in [2.75, 3.05) is 7.11 Å². The first kappa shape index (κ1) is 12.8. The molecule has 90 valence electrons. The zero-order valence-electron chi connectivity index (χ0n) is 9.84. The predicted molar refractivity (Wildman–Crippen MR) is 62.4 cm³/mol. The maximum atomic E-state index is 9.86. The van der Waals surface area contributed by atoms with Gasteiger partial charge in [-0.3, -0.25) is 0 Å². The Hall–Kier alpha value is -1.26. The van der Waals surface area contributed by atoms with E-state index in [1.165, 1.54) is 6.07 Å². The number of hydrogen-bond acceptors (Lipinski definition) is 4. The standard InChI is InChI=1S/C12H19NO3/c1-7(2)12(15)11(13)9-6-8(16-3)4-5-10(9)14/h4-7,11-12,14-15H,13H2,1-3H3/t11-,12+/m1/s1. The summed E-state index contributed by atoms with van der Waals surface area (Å²) in [4.78, 5) is 0. The Bertz CT molecular complexity index is 352. The Kier molecular flexibility index (Phi) is 4.15. The highest BCUT2D eigenvalue weighted by atomic mass is 16.5. The SMILES string of the molecule is COc1ccc(O)c([C@@H](N)[C@@H](O)C(C)C)c1. The Morgan fingerprint density at radius 3 is 2.44 bits per heavy atom. The Morgan fingerprint density at radius 2 is 1.94 bits per heavy atom. The van der Waals surface area contributed by atoms with Gasteiger partial charge in [-0.2, -0.15) is 0 Å². The largest absolute Gasteiger partial charge is 0.508 e. The number of aromatic hydroxyl groups is 1. The lowest BCUT2D eigenvalue weighted by Gasteiger charge is -2.23. The summed E-state index contributed by atoms with van der Waals surface area (Å²) in [6.45, 7) is 3.75. The van der Waals surface area contributed by atoms with E-state index in [0.717, 1.165) is 0 Å². The minimum atomic E-state index is -0.696. The number of aliphatic hydroxyl groups excluding tert-OH is 1. The summed E-state index contributed by atoms with van der Waals surface area (Å²) >= 11 is 0. The Labute approximate surface area is 95.7 Å². The molecule has 0 aromatic heterocycles. The van der Waals surface area contributed by atoms with E-state index in [1.54, 1.807) is 19.2 Å². The van der Waals surface area contributed by atoms with Crippen molar-refractivity contribution in [3.63, 3.8) is 0 Å². The molecule has 4 nitrogen and oxygen atoms in total. The van der Waals surface area contributed by atoms with Gasteiger partial charge in [0.15, 0.2) is 0 Å². The maximum Gasteiger partial charge on any atom is 0.120 e. The van der Waals surface area contributed by atoms with Gasteiger partial charge in [-0.15, -0.1) is 0 Å². The van der Waals surface area contributed by atoms with Crippen LogP contribution in [-0.2, 0) is 0 Å². The third-order valence-corrected chi connectivity index (χ3v) is 2.64. The number of phenols is 1. The fraction of sp³-hybridized carbons (Fsp3) is 0.500. The number of rotatable bonds is 4. The third kappa shape index (κ3) is 2.65. The summed E-state index contributed by atoms with van der Waals surface area (Å²) in [5.74, 6) is 0.716. The average Bonchev–Trinajstić information content (AvgIpc) is 2.27. The first-order chi connectivity index (χ1) is 7.47. The number of methoxy groups -OCH3 is 1. The van der Waals surface area contributed by atoms with E-state index >= 15 is 0 Å². The molecule has 0 spiro atoms. The fourth-order valence-corrected chi connectivity index (χ4v) is 1.53. The van der Waals surface area contributed by atoms with Crippen LogP contribution in [0.3, 0.4) is 0 Å². The zero-order valence-corrected chi connectivity index (χ0v) is 9.84. The molecule has 0 aliphatic carbocycles. The topological polar surface area (TPSA) is 75.7 Å². The monoisotopic (exact) mass is 225 g/mol. The van der Waals surface area contributed by atoms with Gasteiger partial charge in [-0.05, 0) is 24.1 Å². The molecule has 2 atom stereocenters. The zero-order chi connectivity index (χ0) is 12.3. The molecule has 1 rings (SSSR count). The molecule has 0 fully saturated rings. The molecule has 0 saturated heterocycles. The van der Waals surface area contributed by atoms with Crippen LogP contribution in [0.4, 0.5) is 0 Å². The molecule has 0 aliphatic rings. The molecule has 4 heteroatoms. The van der Waals surface area contributed by atoms with Crippen LogP contribution in [0.15, 0.2) is 18.2 Å². The summed E-state index contributed by atoms with van der Waals surface area (Å²) in [6.07, 6.45) is -0.696. The number of benzene rings is 1. The van der Waals surface area contributed by atoms with Crippen LogP contribution in [0.25, 0.3) is 0 Å². The van der Waals surface area contributed by atoms with Gasteiger partial charge in [-0.1, -0.05) is 13.8 Å². The normalized spacial score (nSPS) is 14.9. The van der Waals surface area contributed by atoms with Crippen molar-refractivity contribution in [1.29, 1.82) is 0 Å². The highest BCUT2D eigenvalue weighted by Gasteiger charge is 2.22. The van der Waals surface area contributed by atoms with Crippen molar-refractivity contribution in [2.24, 2.45) is 11.7 Å². The summed E-state index contributed by atoms with van der Waals surface area (Å²) < 4.78 is 5.05. The Balaban J connectivity index is 3.02. The van der Waals surface area contributed by atoms with Gasteiger partial charge in [-0.25, -0.2) is 0 Å². The van der Waals surface area contributed by atoms with Crippen molar-refractivity contribution < 1.29 is 14.9 Å². The van der Waals surface area contributed by atoms with Crippen molar-refractivity contribution in [1.82, 2.24) is 0 Å². The van der Waals surface area contributed by atoms with Gasteiger partial charge in [0.25, 0.3) is 0 Å². The van der Waals surface area contributed by atoms with Crippen LogP contribution in [0.1, 0.15) is 25.5 Å². The number of nitrogens with two attached hydrogens (primary N) is 1. The van der Waals surface area contributed by atoms with Gasteiger partial charge in [0, 0.05) is 5.56 Å². The van der Waals surface area contributed by atoms with Gasteiger partial charge >= 0.3 is 0 Å². The summed E-state index contributed by atoms with van der Waals surface area (Å²) in [6, 6.07) is 4.19. The van der Waals surface area contributed by atoms with E-state index in [9.17, 15) is 10.2 Å². The second-order valence-corrected chi connectivity index (χ2v) is 4.19. The number of aliphatic hydroxyl groups is 1. The van der Waals surface area contributed by atoms with Gasteiger partial charge < -0.3 is 20.7 Å². The lowest BCUT2D eigenvalue weighted by molar-refractivity contribution is 0.0969. The second kappa shape index (κ2) is 5.18. The van der Waals surface area contributed by atoms with E-state index in [0.29, 0.717) is 11.3 Å². The van der Waals surface area contributed by atoms with E-state index < -0.39 is 12.1 Å². The molecule has 0 bridgehead atoms. The molecule has 0 aliphatic heterocycles. The second-order valence-electron chi connectivity index (χ2n) is 4.19. The summed E-state index contributed by atoms with van der Waals surface area (Å²) in [5, 5.41) is 19.5. The van der Waals surface area contributed by atoms with E-state index in [2.05, 4.69) is 0 Å². The van der Waals surface area contributed by atoms with E-state index in [1.807, 2.05) is 13.8 Å². The number of hydrogen-bond donors (Lipinski definition) is 3. The van der Waals surface area contributed by atoms with Gasteiger partial charge in [0.05, 0.1) is 19.3 Å². The van der Waals surface area contributed by atoms with Crippen LogP contribution in [0.5, 0.6) is 11.5 Å². The first-order valence-corrected chi connectivity index (χ1v) is 5.28. The average molecular weight is 225 g/mol. The van der Waals surface area contributed by atoms with Crippen molar-refractivity contribution >= 4 is 0 Å². The van der Waals surface area contributed by atoms with Crippen LogP contribution in [-0.4, -0.2) is 23.4 Å². The molecule has 4 N–H and O–H groups in total. The highest BCUT2D eigenvalue weighted by molar-refractivity contribution is 5.41. The molecule has 1 aromatic carbocycles. The first-order valence-electron chi connectivity index (χ1n) is 5.28. The van der Waals surface area contributed by atoms with Crippen LogP contribution >= 0.6 is 0 Å². The lowest BCUT2D eigenvalue weighted by Crippen LogP contribution is -2.30. The highest BCUT2D eigenvalue weighted by Crippen LogP contribution is 2.30. The van der Waals surface area contributed by atoms with E-state index in [-0.39, 0.29) is 11.7 Å².